The van der Waals surface area contributed by atoms with Gasteiger partial charge in [0.05, 0.1) is 29.7 Å². The summed E-state index contributed by atoms with van der Waals surface area (Å²) in [5.41, 5.74) is 7.01. The first-order chi connectivity index (χ1) is 17.9. The molecule has 1 fully saturated rings. The van der Waals surface area contributed by atoms with Gasteiger partial charge in [0, 0.05) is 42.4 Å². The minimum Gasteiger partial charge on any atom is -0.352 e. The molecule has 3 aromatic heterocycles. The number of thiocarbonyl (C=S) groups is 1. The van der Waals surface area contributed by atoms with E-state index in [1.807, 2.05) is 68.6 Å². The standard InChI is InChI=1S/C29H30N6OS/c1-19-9-10-20(2)24(17-19)32-26(36)13-16-34-28(27(33-29(34)37)23-8-4-5-15-31-23)25-12-11-21(3)35(25)22-7-6-14-30-18-22/h4-12,14-15,17-18,27-28H,13,16H2,1-3H3,(H,32,36)(H,33,37)/t27-,28-/m0/s1. The number of nitrogens with zero attached hydrogens (tertiary/aromatic N) is 4. The largest absolute Gasteiger partial charge is 0.352 e. The van der Waals surface area contributed by atoms with Gasteiger partial charge in [0.2, 0.25) is 5.91 Å². The van der Waals surface area contributed by atoms with E-state index in [4.69, 9.17) is 12.2 Å². The maximum atomic E-state index is 13.0. The lowest BCUT2D eigenvalue weighted by Crippen LogP contribution is -2.33. The molecule has 1 aromatic carbocycles. The van der Waals surface area contributed by atoms with Gasteiger partial charge in [-0.15, -0.1) is 0 Å². The van der Waals surface area contributed by atoms with Gasteiger partial charge in [0.25, 0.3) is 0 Å². The Morgan fingerprint density at radius 3 is 2.68 bits per heavy atom. The maximum absolute atomic E-state index is 13.0. The quantitative estimate of drug-likeness (QED) is 0.333. The highest BCUT2D eigenvalue weighted by molar-refractivity contribution is 7.80. The zero-order valence-corrected chi connectivity index (χ0v) is 22.0. The van der Waals surface area contributed by atoms with E-state index in [1.165, 1.54) is 0 Å². The molecule has 0 unspecified atom stereocenters. The van der Waals surface area contributed by atoms with Crippen LogP contribution in [0.25, 0.3) is 5.69 Å². The van der Waals surface area contributed by atoms with Crippen LogP contribution >= 0.6 is 12.2 Å². The molecule has 1 amide bonds. The Morgan fingerprint density at radius 1 is 1.05 bits per heavy atom. The fraction of sp³-hybridized carbons (Fsp3) is 0.241. The molecule has 8 heteroatoms. The number of aromatic nitrogens is 3. The molecule has 0 bridgehead atoms. The Balaban J connectivity index is 1.46. The third kappa shape index (κ3) is 5.11. The van der Waals surface area contributed by atoms with Crippen LogP contribution in [-0.2, 0) is 4.79 Å². The van der Waals surface area contributed by atoms with Crippen LogP contribution in [-0.4, -0.2) is 37.0 Å². The van der Waals surface area contributed by atoms with Gasteiger partial charge in [-0.2, -0.15) is 0 Å². The van der Waals surface area contributed by atoms with Gasteiger partial charge >= 0.3 is 0 Å². The molecule has 0 aliphatic carbocycles. The van der Waals surface area contributed by atoms with Gasteiger partial charge in [0.15, 0.2) is 5.11 Å². The van der Waals surface area contributed by atoms with Crippen LogP contribution in [0.3, 0.4) is 0 Å². The van der Waals surface area contributed by atoms with Crippen molar-refractivity contribution in [1.29, 1.82) is 0 Å². The van der Waals surface area contributed by atoms with E-state index in [-0.39, 0.29) is 18.0 Å². The first-order valence-corrected chi connectivity index (χ1v) is 12.8. The number of carbonyl (C=O) groups excluding carboxylic acids is 1. The highest BCUT2D eigenvalue weighted by Crippen LogP contribution is 2.40. The van der Waals surface area contributed by atoms with E-state index < -0.39 is 0 Å². The molecule has 4 heterocycles. The molecule has 7 nitrogen and oxygen atoms in total. The number of amides is 1. The van der Waals surface area contributed by atoms with Gasteiger partial charge in [0.1, 0.15) is 0 Å². The molecule has 5 rings (SSSR count). The number of nitrogens with one attached hydrogen (secondary N) is 2. The van der Waals surface area contributed by atoms with Crippen molar-refractivity contribution in [2.24, 2.45) is 0 Å². The topological polar surface area (TPSA) is 75.1 Å². The second-order valence-corrected chi connectivity index (χ2v) is 9.77. The summed E-state index contributed by atoms with van der Waals surface area (Å²) in [6, 6.07) is 19.8. The lowest BCUT2D eigenvalue weighted by molar-refractivity contribution is -0.116. The number of hydrogen-bond acceptors (Lipinski definition) is 4. The molecule has 2 atom stereocenters. The zero-order chi connectivity index (χ0) is 25.9. The highest BCUT2D eigenvalue weighted by atomic mass is 32.1. The first kappa shape index (κ1) is 24.6. The first-order valence-electron chi connectivity index (χ1n) is 12.4. The fourth-order valence-corrected chi connectivity index (χ4v) is 5.23. The summed E-state index contributed by atoms with van der Waals surface area (Å²) >= 11 is 5.81. The van der Waals surface area contributed by atoms with Crippen molar-refractivity contribution in [2.75, 3.05) is 11.9 Å². The number of carbonyl (C=O) groups is 1. The third-order valence-electron chi connectivity index (χ3n) is 6.76. The van der Waals surface area contributed by atoms with Gasteiger partial charge in [-0.1, -0.05) is 18.2 Å². The Hall–Kier alpha value is -4.04. The number of hydrogen-bond donors (Lipinski definition) is 2. The molecule has 0 spiro atoms. The molecular formula is C29H30N6OS. The van der Waals surface area contributed by atoms with Gasteiger partial charge in [-0.3, -0.25) is 14.8 Å². The summed E-state index contributed by atoms with van der Waals surface area (Å²) in [6.45, 7) is 6.56. The van der Waals surface area contributed by atoms with E-state index in [2.05, 4.69) is 49.1 Å². The predicted molar refractivity (Wildman–Crippen MR) is 150 cm³/mol. The maximum Gasteiger partial charge on any atom is 0.226 e. The number of benzene rings is 1. The Bertz CT molecular complexity index is 1420. The average Bonchev–Trinajstić information content (AvgIpc) is 3.44. The Labute approximate surface area is 222 Å². The monoisotopic (exact) mass is 510 g/mol. The molecule has 2 N–H and O–H groups in total. The summed E-state index contributed by atoms with van der Waals surface area (Å²) in [7, 11) is 0. The molecule has 1 saturated heterocycles. The predicted octanol–water partition coefficient (Wildman–Crippen LogP) is 5.19. The summed E-state index contributed by atoms with van der Waals surface area (Å²) in [4.78, 5) is 24.1. The summed E-state index contributed by atoms with van der Waals surface area (Å²) in [5.74, 6) is -0.0460. The number of anilines is 1. The van der Waals surface area contributed by atoms with Crippen LogP contribution in [0.1, 0.15) is 46.7 Å². The van der Waals surface area contributed by atoms with Crippen LogP contribution in [0.5, 0.6) is 0 Å². The second kappa shape index (κ2) is 10.5. The molecule has 188 valence electrons. The van der Waals surface area contributed by atoms with Crippen LogP contribution in [0, 0.1) is 20.8 Å². The third-order valence-corrected chi connectivity index (χ3v) is 7.11. The molecule has 1 aliphatic heterocycles. The number of pyridine rings is 2. The fourth-order valence-electron chi connectivity index (χ4n) is 4.90. The van der Waals surface area contributed by atoms with Crippen molar-refractivity contribution in [1.82, 2.24) is 24.8 Å². The molecule has 0 saturated carbocycles. The van der Waals surface area contributed by atoms with Crippen molar-refractivity contribution in [3.63, 3.8) is 0 Å². The Morgan fingerprint density at radius 2 is 1.92 bits per heavy atom. The minimum atomic E-state index is -0.166. The van der Waals surface area contributed by atoms with E-state index >= 15 is 0 Å². The molecule has 4 aromatic rings. The van der Waals surface area contributed by atoms with Crippen LogP contribution in [0.4, 0.5) is 5.69 Å². The Kier molecular flexibility index (Phi) is 7.01. The molecule has 1 aliphatic rings. The van der Waals surface area contributed by atoms with E-state index in [9.17, 15) is 4.79 Å². The lowest BCUT2D eigenvalue weighted by Gasteiger charge is -2.29. The van der Waals surface area contributed by atoms with E-state index in [0.29, 0.717) is 18.1 Å². The van der Waals surface area contributed by atoms with Gasteiger partial charge in [-0.25, -0.2) is 0 Å². The molecule has 37 heavy (non-hydrogen) atoms. The second-order valence-electron chi connectivity index (χ2n) is 9.38. The van der Waals surface area contributed by atoms with Crippen LogP contribution in [0.2, 0.25) is 0 Å². The number of rotatable bonds is 7. The van der Waals surface area contributed by atoms with Crippen molar-refractivity contribution < 1.29 is 4.79 Å². The lowest BCUT2D eigenvalue weighted by atomic mass is 10.0. The zero-order valence-electron chi connectivity index (χ0n) is 21.2. The summed E-state index contributed by atoms with van der Waals surface area (Å²) in [6.07, 6.45) is 5.72. The normalized spacial score (nSPS) is 17.1. The molecular weight excluding hydrogens is 480 g/mol. The van der Waals surface area contributed by atoms with E-state index in [1.54, 1.807) is 12.4 Å². The smallest absolute Gasteiger partial charge is 0.226 e. The minimum absolute atomic E-state index is 0.0460. The van der Waals surface area contributed by atoms with E-state index in [0.717, 1.165) is 39.6 Å². The average molecular weight is 511 g/mol. The molecule has 0 radical (unpaired) electrons. The van der Waals surface area contributed by atoms with Gasteiger partial charge < -0.3 is 20.1 Å². The van der Waals surface area contributed by atoms with Crippen LogP contribution < -0.4 is 10.6 Å². The summed E-state index contributed by atoms with van der Waals surface area (Å²) in [5, 5.41) is 7.16. The van der Waals surface area contributed by atoms with Crippen molar-refractivity contribution in [2.45, 2.75) is 39.3 Å². The SMILES string of the molecule is Cc1ccc(C)c(NC(=O)CCN2C(=S)N[C@@H](c3ccccn3)[C@@H]2c2ccc(C)n2-c2cccnc2)c1. The number of aryl methyl sites for hydroxylation is 3. The summed E-state index contributed by atoms with van der Waals surface area (Å²) < 4.78 is 2.20. The highest BCUT2D eigenvalue weighted by Gasteiger charge is 2.41. The van der Waals surface area contributed by atoms with Crippen molar-refractivity contribution in [3.8, 4) is 5.69 Å². The van der Waals surface area contributed by atoms with Crippen molar-refractivity contribution in [3.05, 3.63) is 107 Å². The van der Waals surface area contributed by atoms with Crippen LogP contribution in [0.15, 0.2) is 79.3 Å². The van der Waals surface area contributed by atoms with Crippen molar-refractivity contribution >= 4 is 28.9 Å². The van der Waals surface area contributed by atoms with Gasteiger partial charge in [-0.05, 0) is 86.6 Å².